The first-order chi connectivity index (χ1) is 9.58. The monoisotopic (exact) mass is 277 g/mol. The summed E-state index contributed by atoms with van der Waals surface area (Å²) in [5.41, 5.74) is 6.92. The molecule has 0 amide bonds. The second kappa shape index (κ2) is 4.96. The average molecular weight is 277 g/mol. The van der Waals surface area contributed by atoms with Crippen LogP contribution in [0.5, 0.6) is 0 Å². The van der Waals surface area contributed by atoms with Gasteiger partial charge in [-0.2, -0.15) is 4.98 Å². The van der Waals surface area contributed by atoms with Crippen molar-refractivity contribution in [1.29, 1.82) is 0 Å². The number of nitrogens with two attached hydrogens (primary N) is 1. The molecule has 1 aliphatic heterocycles. The Morgan fingerprint density at radius 2 is 2.05 bits per heavy atom. The van der Waals surface area contributed by atoms with E-state index in [4.69, 9.17) is 15.0 Å². The van der Waals surface area contributed by atoms with Gasteiger partial charge in [0, 0.05) is 18.8 Å². The lowest BCUT2D eigenvalue weighted by Crippen LogP contribution is -2.42. The van der Waals surface area contributed by atoms with E-state index in [1.165, 1.54) is 6.07 Å². The van der Waals surface area contributed by atoms with E-state index in [1.807, 2.05) is 0 Å². The molecule has 3 rings (SSSR count). The number of benzene rings is 1. The highest BCUT2D eigenvalue weighted by Gasteiger charge is 2.35. The van der Waals surface area contributed by atoms with Gasteiger partial charge in [-0.25, -0.2) is 4.39 Å². The molecule has 20 heavy (non-hydrogen) atoms. The van der Waals surface area contributed by atoms with E-state index < -0.39 is 5.54 Å². The van der Waals surface area contributed by atoms with Gasteiger partial charge >= 0.3 is 0 Å². The number of ether oxygens (including phenoxy) is 1. The Balaban J connectivity index is 1.91. The van der Waals surface area contributed by atoms with Crippen molar-refractivity contribution >= 4 is 0 Å². The van der Waals surface area contributed by atoms with E-state index in [2.05, 4.69) is 10.1 Å². The van der Waals surface area contributed by atoms with Crippen molar-refractivity contribution in [3.05, 3.63) is 35.5 Å². The molecule has 0 aliphatic carbocycles. The summed E-state index contributed by atoms with van der Waals surface area (Å²) in [6.07, 6.45) is 1.30. The largest absolute Gasteiger partial charge is 0.381 e. The molecular weight excluding hydrogens is 261 g/mol. The van der Waals surface area contributed by atoms with Gasteiger partial charge in [-0.3, -0.25) is 0 Å². The first-order valence-electron chi connectivity index (χ1n) is 6.56. The molecule has 2 aromatic rings. The minimum Gasteiger partial charge on any atom is -0.381 e. The van der Waals surface area contributed by atoms with Crippen LogP contribution in [0.3, 0.4) is 0 Å². The van der Waals surface area contributed by atoms with E-state index in [0.717, 1.165) is 5.56 Å². The Labute approximate surface area is 115 Å². The maximum absolute atomic E-state index is 13.3. The topological polar surface area (TPSA) is 74.2 Å². The second-order valence-electron chi connectivity index (χ2n) is 5.16. The van der Waals surface area contributed by atoms with Crippen LogP contribution in [0.25, 0.3) is 11.4 Å². The van der Waals surface area contributed by atoms with Crippen LogP contribution in [0.15, 0.2) is 22.7 Å². The zero-order chi connectivity index (χ0) is 14.2. The van der Waals surface area contributed by atoms with E-state index in [-0.39, 0.29) is 5.82 Å². The van der Waals surface area contributed by atoms with Crippen molar-refractivity contribution in [2.75, 3.05) is 13.2 Å². The van der Waals surface area contributed by atoms with Crippen molar-refractivity contribution in [3.63, 3.8) is 0 Å². The van der Waals surface area contributed by atoms with Gasteiger partial charge in [-0.15, -0.1) is 0 Å². The van der Waals surface area contributed by atoms with Gasteiger partial charge in [0.15, 0.2) is 0 Å². The van der Waals surface area contributed by atoms with Crippen LogP contribution in [-0.4, -0.2) is 23.4 Å². The molecule has 0 spiro atoms. The molecule has 2 heterocycles. The van der Waals surface area contributed by atoms with Gasteiger partial charge in [-0.05, 0) is 43.5 Å². The maximum atomic E-state index is 13.3. The molecule has 0 saturated carbocycles. The molecule has 0 unspecified atom stereocenters. The fraction of sp³-hybridized carbons (Fsp3) is 0.429. The highest BCUT2D eigenvalue weighted by molar-refractivity contribution is 5.55. The zero-order valence-corrected chi connectivity index (χ0v) is 11.2. The highest BCUT2D eigenvalue weighted by atomic mass is 19.1. The van der Waals surface area contributed by atoms with Crippen LogP contribution in [0, 0.1) is 12.7 Å². The van der Waals surface area contributed by atoms with Crippen LogP contribution in [-0.2, 0) is 10.3 Å². The predicted molar refractivity (Wildman–Crippen MR) is 70.3 cm³/mol. The molecule has 0 radical (unpaired) electrons. The number of aryl methyl sites for hydroxylation is 1. The molecule has 106 valence electrons. The Bertz CT molecular complexity index is 621. The SMILES string of the molecule is Cc1cc(-c2noc(C3(N)CCOCC3)n2)ccc1F. The maximum Gasteiger partial charge on any atom is 0.247 e. The third kappa shape index (κ3) is 2.32. The zero-order valence-electron chi connectivity index (χ0n) is 11.2. The number of nitrogens with zero attached hydrogens (tertiary/aromatic N) is 2. The van der Waals surface area contributed by atoms with E-state index in [9.17, 15) is 4.39 Å². The Kier molecular flexibility index (Phi) is 3.27. The first-order valence-corrected chi connectivity index (χ1v) is 6.56. The predicted octanol–water partition coefficient (Wildman–Crippen LogP) is 2.15. The molecule has 1 aromatic heterocycles. The van der Waals surface area contributed by atoms with Crippen LogP contribution in [0.4, 0.5) is 4.39 Å². The van der Waals surface area contributed by atoms with Crippen molar-refractivity contribution in [3.8, 4) is 11.4 Å². The lowest BCUT2D eigenvalue weighted by molar-refractivity contribution is 0.0400. The van der Waals surface area contributed by atoms with Crippen molar-refractivity contribution in [1.82, 2.24) is 10.1 Å². The van der Waals surface area contributed by atoms with E-state index >= 15 is 0 Å². The van der Waals surface area contributed by atoms with E-state index in [1.54, 1.807) is 19.1 Å². The average Bonchev–Trinajstić information content (AvgIpc) is 2.93. The molecular formula is C14H16FN3O2. The van der Waals surface area contributed by atoms with Gasteiger partial charge in [0.25, 0.3) is 0 Å². The smallest absolute Gasteiger partial charge is 0.247 e. The van der Waals surface area contributed by atoms with Crippen LogP contribution in [0.1, 0.15) is 24.3 Å². The normalized spacial score (nSPS) is 18.1. The molecule has 1 aliphatic rings. The molecule has 6 heteroatoms. The minimum absolute atomic E-state index is 0.253. The first kappa shape index (κ1) is 13.2. The summed E-state index contributed by atoms with van der Waals surface area (Å²) in [6.45, 7) is 2.87. The van der Waals surface area contributed by atoms with Crippen molar-refractivity contribution in [2.24, 2.45) is 5.73 Å². The van der Waals surface area contributed by atoms with Crippen LogP contribution in [0.2, 0.25) is 0 Å². The summed E-state index contributed by atoms with van der Waals surface area (Å²) < 4.78 is 23.9. The fourth-order valence-electron chi connectivity index (χ4n) is 2.28. The van der Waals surface area contributed by atoms with Gasteiger partial charge < -0.3 is 15.0 Å². The summed E-state index contributed by atoms with van der Waals surface area (Å²) >= 11 is 0. The van der Waals surface area contributed by atoms with Crippen LogP contribution < -0.4 is 5.73 Å². The molecule has 2 N–H and O–H groups in total. The lowest BCUT2D eigenvalue weighted by atomic mass is 9.91. The molecule has 1 fully saturated rings. The van der Waals surface area contributed by atoms with Gasteiger partial charge in [0.1, 0.15) is 11.4 Å². The van der Waals surface area contributed by atoms with E-state index in [0.29, 0.717) is 43.3 Å². The molecule has 0 bridgehead atoms. The highest BCUT2D eigenvalue weighted by Crippen LogP contribution is 2.29. The Morgan fingerprint density at radius 1 is 1.30 bits per heavy atom. The number of aromatic nitrogens is 2. The molecule has 0 atom stereocenters. The van der Waals surface area contributed by atoms with Gasteiger partial charge in [-0.1, -0.05) is 5.16 Å². The van der Waals surface area contributed by atoms with Gasteiger partial charge in [0.05, 0.1) is 0 Å². The van der Waals surface area contributed by atoms with Crippen molar-refractivity contribution in [2.45, 2.75) is 25.3 Å². The summed E-state index contributed by atoms with van der Waals surface area (Å²) in [4.78, 5) is 4.37. The van der Waals surface area contributed by atoms with Gasteiger partial charge in [0.2, 0.25) is 11.7 Å². The standard InChI is InChI=1S/C14H16FN3O2/c1-9-8-10(2-3-11(9)15)12-17-13(20-18-12)14(16)4-6-19-7-5-14/h2-3,8H,4-7,16H2,1H3. The third-order valence-electron chi connectivity index (χ3n) is 3.65. The number of halogens is 1. The number of hydrogen-bond acceptors (Lipinski definition) is 5. The minimum atomic E-state index is -0.626. The lowest BCUT2D eigenvalue weighted by Gasteiger charge is -2.29. The summed E-state index contributed by atoms with van der Waals surface area (Å²) in [6, 6.07) is 4.72. The molecule has 5 nitrogen and oxygen atoms in total. The molecule has 1 aromatic carbocycles. The molecule has 1 saturated heterocycles. The summed E-state index contributed by atoms with van der Waals surface area (Å²) in [5.74, 6) is 0.592. The third-order valence-corrected chi connectivity index (χ3v) is 3.65. The summed E-state index contributed by atoms with van der Waals surface area (Å²) in [5, 5.41) is 3.95. The Hall–Kier alpha value is -1.79. The quantitative estimate of drug-likeness (QED) is 0.910. The fourth-order valence-corrected chi connectivity index (χ4v) is 2.28. The second-order valence-corrected chi connectivity index (χ2v) is 5.16. The van der Waals surface area contributed by atoms with Crippen LogP contribution >= 0.6 is 0 Å². The van der Waals surface area contributed by atoms with Crippen molar-refractivity contribution < 1.29 is 13.7 Å². The number of rotatable bonds is 2. The Morgan fingerprint density at radius 3 is 2.75 bits per heavy atom. The summed E-state index contributed by atoms with van der Waals surface area (Å²) in [7, 11) is 0. The number of hydrogen-bond donors (Lipinski definition) is 1.